The standard InChI is InChI=1S/C15H14F2N4O5/c16-15(17)24-9-4-1-3-8(12(9)25-15)19-14(22)18-7-11-20-13(26-21-11)10-5-2-6-23-10/h1,3-4,10H,2,5-7H2,(H2,18,19,22)/t10-/m1/s1. The third-order valence-electron chi connectivity index (χ3n) is 3.77. The number of aromatic nitrogens is 2. The summed E-state index contributed by atoms with van der Waals surface area (Å²) in [5.74, 6) is 0.239. The van der Waals surface area contributed by atoms with Crippen molar-refractivity contribution in [2.45, 2.75) is 31.8 Å². The van der Waals surface area contributed by atoms with Gasteiger partial charge < -0.3 is 29.4 Å². The van der Waals surface area contributed by atoms with Crippen LogP contribution in [0.5, 0.6) is 11.5 Å². The number of amides is 2. The van der Waals surface area contributed by atoms with E-state index in [1.54, 1.807) is 0 Å². The van der Waals surface area contributed by atoms with Gasteiger partial charge >= 0.3 is 12.3 Å². The van der Waals surface area contributed by atoms with Gasteiger partial charge in [-0.2, -0.15) is 4.98 Å². The lowest BCUT2D eigenvalue weighted by Gasteiger charge is -2.09. The molecule has 1 fully saturated rings. The van der Waals surface area contributed by atoms with Gasteiger partial charge in [-0.05, 0) is 25.0 Å². The Morgan fingerprint density at radius 3 is 3.04 bits per heavy atom. The smallest absolute Gasteiger partial charge is 0.395 e. The highest BCUT2D eigenvalue weighted by Gasteiger charge is 2.44. The zero-order valence-electron chi connectivity index (χ0n) is 13.3. The second kappa shape index (κ2) is 6.41. The van der Waals surface area contributed by atoms with Crippen molar-refractivity contribution in [3.63, 3.8) is 0 Å². The molecule has 2 aliphatic rings. The highest BCUT2D eigenvalue weighted by molar-refractivity contribution is 5.91. The summed E-state index contributed by atoms with van der Waals surface area (Å²) in [6, 6.07) is 3.52. The SMILES string of the molecule is O=C(NCc1noc([C@H]2CCCO2)n1)Nc1cccc2c1OC(F)(F)O2. The average molecular weight is 368 g/mol. The van der Waals surface area contributed by atoms with Gasteiger partial charge in [0.1, 0.15) is 6.10 Å². The second-order valence-electron chi connectivity index (χ2n) is 5.66. The molecule has 11 heteroatoms. The summed E-state index contributed by atoms with van der Waals surface area (Å²) in [6.07, 6.45) is -2.24. The van der Waals surface area contributed by atoms with E-state index in [0.29, 0.717) is 12.5 Å². The fraction of sp³-hybridized carbons (Fsp3) is 0.400. The van der Waals surface area contributed by atoms with Crippen LogP contribution >= 0.6 is 0 Å². The molecule has 1 saturated heterocycles. The van der Waals surface area contributed by atoms with E-state index in [1.165, 1.54) is 18.2 Å². The number of fused-ring (bicyclic) bond motifs is 1. The van der Waals surface area contributed by atoms with Gasteiger partial charge in [0.05, 0.1) is 12.2 Å². The van der Waals surface area contributed by atoms with Crippen molar-refractivity contribution in [3.8, 4) is 11.5 Å². The van der Waals surface area contributed by atoms with E-state index in [2.05, 4.69) is 30.2 Å². The fourth-order valence-corrected chi connectivity index (χ4v) is 2.64. The molecule has 2 amide bonds. The van der Waals surface area contributed by atoms with E-state index in [1.807, 2.05) is 0 Å². The molecule has 3 heterocycles. The van der Waals surface area contributed by atoms with Crippen molar-refractivity contribution in [1.29, 1.82) is 0 Å². The molecule has 0 radical (unpaired) electrons. The molecule has 0 spiro atoms. The Balaban J connectivity index is 1.35. The number of carbonyl (C=O) groups is 1. The molecule has 4 rings (SSSR count). The first-order chi connectivity index (χ1) is 12.5. The Hall–Kier alpha value is -2.95. The molecule has 138 valence electrons. The normalized spacial score (nSPS) is 20.2. The van der Waals surface area contributed by atoms with Gasteiger partial charge in [0.2, 0.25) is 0 Å². The highest BCUT2D eigenvalue weighted by Crippen LogP contribution is 2.45. The Kier molecular flexibility index (Phi) is 4.07. The van der Waals surface area contributed by atoms with Gasteiger partial charge in [0.15, 0.2) is 17.3 Å². The van der Waals surface area contributed by atoms with E-state index >= 15 is 0 Å². The molecule has 2 N–H and O–H groups in total. The van der Waals surface area contributed by atoms with E-state index in [9.17, 15) is 13.6 Å². The number of anilines is 1. The topological polar surface area (TPSA) is 108 Å². The van der Waals surface area contributed by atoms with Crippen molar-refractivity contribution >= 4 is 11.7 Å². The average Bonchev–Trinajstić information content (AvgIpc) is 3.31. The van der Waals surface area contributed by atoms with Crippen molar-refractivity contribution in [3.05, 3.63) is 29.9 Å². The summed E-state index contributed by atoms with van der Waals surface area (Å²) >= 11 is 0. The number of ether oxygens (including phenoxy) is 3. The van der Waals surface area contributed by atoms with Crippen molar-refractivity contribution in [1.82, 2.24) is 15.5 Å². The van der Waals surface area contributed by atoms with Crippen LogP contribution in [0.3, 0.4) is 0 Å². The molecule has 2 aromatic rings. The molecule has 0 saturated carbocycles. The molecule has 0 unspecified atom stereocenters. The molecule has 9 nitrogen and oxygen atoms in total. The van der Waals surface area contributed by atoms with Gasteiger partial charge in [-0.1, -0.05) is 11.2 Å². The van der Waals surface area contributed by atoms with Crippen LogP contribution in [0, 0.1) is 0 Å². The Labute approximate surface area is 145 Å². The molecule has 0 aliphatic carbocycles. The number of nitrogens with zero attached hydrogens (tertiary/aromatic N) is 2. The van der Waals surface area contributed by atoms with E-state index in [-0.39, 0.29) is 35.7 Å². The predicted octanol–water partition coefficient (Wildman–Crippen LogP) is 2.56. The van der Waals surface area contributed by atoms with Crippen LogP contribution in [0.25, 0.3) is 0 Å². The van der Waals surface area contributed by atoms with Crippen LogP contribution < -0.4 is 20.1 Å². The fourth-order valence-electron chi connectivity index (χ4n) is 2.64. The minimum absolute atomic E-state index is 0.00933. The molecule has 1 aromatic heterocycles. The summed E-state index contributed by atoms with van der Waals surface area (Å²) in [7, 11) is 0. The number of hydrogen-bond donors (Lipinski definition) is 2. The number of alkyl halides is 2. The van der Waals surface area contributed by atoms with Crippen LogP contribution in [0.15, 0.2) is 22.7 Å². The number of benzene rings is 1. The minimum Gasteiger partial charge on any atom is -0.395 e. The first-order valence-electron chi connectivity index (χ1n) is 7.88. The van der Waals surface area contributed by atoms with E-state index < -0.39 is 12.3 Å². The van der Waals surface area contributed by atoms with Crippen molar-refractivity contribution < 1.29 is 32.3 Å². The van der Waals surface area contributed by atoms with E-state index in [0.717, 1.165) is 12.8 Å². The summed E-state index contributed by atoms with van der Waals surface area (Å²) in [4.78, 5) is 16.2. The maximum Gasteiger partial charge on any atom is 0.586 e. The van der Waals surface area contributed by atoms with Gasteiger partial charge in [0, 0.05) is 6.61 Å². The van der Waals surface area contributed by atoms with Crippen LogP contribution in [-0.2, 0) is 11.3 Å². The number of hydrogen-bond acceptors (Lipinski definition) is 7. The van der Waals surface area contributed by atoms with Crippen LogP contribution in [0.1, 0.15) is 30.7 Å². The number of para-hydroxylation sites is 1. The Bertz CT molecular complexity index is 822. The quantitative estimate of drug-likeness (QED) is 0.854. The molecule has 1 atom stereocenters. The van der Waals surface area contributed by atoms with Crippen LogP contribution in [0.2, 0.25) is 0 Å². The predicted molar refractivity (Wildman–Crippen MR) is 80.7 cm³/mol. The maximum atomic E-state index is 13.1. The molecular weight excluding hydrogens is 354 g/mol. The Morgan fingerprint density at radius 2 is 2.23 bits per heavy atom. The number of rotatable bonds is 4. The number of carbonyl (C=O) groups excluding carboxylic acids is 1. The molecule has 26 heavy (non-hydrogen) atoms. The minimum atomic E-state index is -3.76. The first-order valence-corrected chi connectivity index (χ1v) is 7.88. The molecular formula is C15H14F2N4O5. The van der Waals surface area contributed by atoms with E-state index in [4.69, 9.17) is 9.26 Å². The maximum absolute atomic E-state index is 13.1. The third kappa shape index (κ3) is 3.38. The van der Waals surface area contributed by atoms with Gasteiger partial charge in [-0.15, -0.1) is 8.78 Å². The second-order valence-corrected chi connectivity index (χ2v) is 5.66. The largest absolute Gasteiger partial charge is 0.586 e. The zero-order valence-corrected chi connectivity index (χ0v) is 13.3. The first kappa shape index (κ1) is 16.5. The van der Waals surface area contributed by atoms with Crippen molar-refractivity contribution in [2.24, 2.45) is 0 Å². The summed E-state index contributed by atoms with van der Waals surface area (Å²) < 4.78 is 45.6. The number of nitrogens with one attached hydrogen (secondary N) is 2. The Morgan fingerprint density at radius 1 is 1.35 bits per heavy atom. The third-order valence-corrected chi connectivity index (χ3v) is 3.77. The number of urea groups is 1. The molecule has 1 aromatic carbocycles. The summed E-state index contributed by atoms with van der Waals surface area (Å²) in [6.45, 7) is 0.639. The lowest BCUT2D eigenvalue weighted by Crippen LogP contribution is -2.29. The molecule has 0 bridgehead atoms. The number of halogens is 2. The zero-order chi connectivity index (χ0) is 18.1. The lowest BCUT2D eigenvalue weighted by atomic mass is 10.2. The monoisotopic (exact) mass is 368 g/mol. The molecule has 2 aliphatic heterocycles. The van der Waals surface area contributed by atoms with Crippen LogP contribution in [-0.4, -0.2) is 29.1 Å². The highest BCUT2D eigenvalue weighted by atomic mass is 19.3. The van der Waals surface area contributed by atoms with Gasteiger partial charge in [-0.3, -0.25) is 0 Å². The summed E-state index contributed by atoms with van der Waals surface area (Å²) in [5, 5.41) is 8.68. The van der Waals surface area contributed by atoms with Gasteiger partial charge in [-0.25, -0.2) is 4.79 Å². The lowest BCUT2D eigenvalue weighted by molar-refractivity contribution is -0.286. The van der Waals surface area contributed by atoms with Gasteiger partial charge in [0.25, 0.3) is 5.89 Å². The van der Waals surface area contributed by atoms with Crippen LogP contribution in [0.4, 0.5) is 19.3 Å². The summed E-state index contributed by atoms with van der Waals surface area (Å²) in [5.41, 5.74) is 0.0466. The van der Waals surface area contributed by atoms with Crippen molar-refractivity contribution in [2.75, 3.05) is 11.9 Å².